The van der Waals surface area contributed by atoms with Crippen LogP contribution >= 0.6 is 0 Å². The van der Waals surface area contributed by atoms with Crippen LogP contribution in [-0.2, 0) is 0 Å². The molecule has 0 radical (unpaired) electrons. The fraction of sp³-hybridized carbons (Fsp3) is 0.333. The zero-order valence-corrected chi connectivity index (χ0v) is 12.3. The maximum atomic E-state index is 6.06. The van der Waals surface area contributed by atoms with E-state index in [2.05, 4.69) is 12.1 Å². The van der Waals surface area contributed by atoms with Crippen molar-refractivity contribution >= 4 is 0 Å². The molecule has 2 atom stereocenters. The van der Waals surface area contributed by atoms with Gasteiger partial charge >= 0.3 is 0 Å². The first-order valence-electron chi connectivity index (χ1n) is 7.44. The van der Waals surface area contributed by atoms with Gasteiger partial charge in [-0.15, -0.1) is 0 Å². The molecule has 0 saturated carbocycles. The van der Waals surface area contributed by atoms with Crippen molar-refractivity contribution in [2.75, 3.05) is 13.2 Å². The second kappa shape index (κ2) is 6.19. The normalized spacial score (nSPS) is 18.5. The van der Waals surface area contributed by atoms with Gasteiger partial charge in [0.2, 0.25) is 0 Å². The molecule has 0 spiro atoms. The van der Waals surface area contributed by atoms with Crippen LogP contribution in [0, 0.1) is 0 Å². The molecule has 3 rings (SSSR count). The SMILES string of the molecule is C[C@@H](N)c1ccccc1OCC1CCOc2ccccc21. The number of benzene rings is 2. The Morgan fingerprint density at radius 1 is 1.19 bits per heavy atom. The Kier molecular flexibility index (Phi) is 4.11. The molecule has 1 unspecified atom stereocenters. The number of hydrogen-bond donors (Lipinski definition) is 1. The second-order valence-corrected chi connectivity index (χ2v) is 5.51. The summed E-state index contributed by atoms with van der Waals surface area (Å²) in [6, 6.07) is 16.2. The van der Waals surface area contributed by atoms with Gasteiger partial charge in [-0.3, -0.25) is 0 Å². The number of rotatable bonds is 4. The van der Waals surface area contributed by atoms with Gasteiger partial charge in [0.15, 0.2) is 0 Å². The second-order valence-electron chi connectivity index (χ2n) is 5.51. The van der Waals surface area contributed by atoms with E-state index in [1.165, 1.54) is 5.56 Å². The number of hydrogen-bond acceptors (Lipinski definition) is 3. The van der Waals surface area contributed by atoms with Crippen molar-refractivity contribution in [3.8, 4) is 11.5 Å². The Bertz CT molecular complexity index is 610. The summed E-state index contributed by atoms with van der Waals surface area (Å²) in [6.45, 7) is 3.38. The lowest BCUT2D eigenvalue weighted by molar-refractivity contribution is 0.216. The number of nitrogens with two attached hydrogens (primary N) is 1. The summed E-state index contributed by atoms with van der Waals surface area (Å²) in [4.78, 5) is 0. The van der Waals surface area contributed by atoms with E-state index in [9.17, 15) is 0 Å². The number of ether oxygens (including phenoxy) is 2. The van der Waals surface area contributed by atoms with E-state index in [0.717, 1.165) is 30.1 Å². The topological polar surface area (TPSA) is 44.5 Å². The fourth-order valence-electron chi connectivity index (χ4n) is 2.77. The van der Waals surface area contributed by atoms with Gasteiger partial charge in [-0.05, 0) is 25.5 Å². The minimum Gasteiger partial charge on any atom is -0.493 e. The summed E-state index contributed by atoms with van der Waals surface area (Å²) >= 11 is 0. The van der Waals surface area contributed by atoms with Crippen molar-refractivity contribution in [1.29, 1.82) is 0 Å². The highest BCUT2D eigenvalue weighted by atomic mass is 16.5. The van der Waals surface area contributed by atoms with Gasteiger partial charge in [0, 0.05) is 23.1 Å². The minimum absolute atomic E-state index is 0.0248. The first kappa shape index (κ1) is 14.0. The van der Waals surface area contributed by atoms with Crippen LogP contribution in [-0.4, -0.2) is 13.2 Å². The average molecular weight is 283 g/mol. The fourth-order valence-corrected chi connectivity index (χ4v) is 2.77. The van der Waals surface area contributed by atoms with Gasteiger partial charge in [-0.2, -0.15) is 0 Å². The molecule has 3 heteroatoms. The monoisotopic (exact) mass is 283 g/mol. The molecular weight excluding hydrogens is 262 g/mol. The molecule has 1 aliphatic rings. The van der Waals surface area contributed by atoms with E-state index < -0.39 is 0 Å². The third-order valence-electron chi connectivity index (χ3n) is 3.93. The van der Waals surface area contributed by atoms with Crippen LogP contribution in [0.15, 0.2) is 48.5 Å². The van der Waals surface area contributed by atoms with Crippen molar-refractivity contribution in [2.24, 2.45) is 5.73 Å². The van der Waals surface area contributed by atoms with Crippen LogP contribution in [0.25, 0.3) is 0 Å². The molecule has 2 N–H and O–H groups in total. The predicted octanol–water partition coefficient (Wildman–Crippen LogP) is 3.65. The Morgan fingerprint density at radius 2 is 1.95 bits per heavy atom. The molecule has 1 aliphatic heterocycles. The third-order valence-corrected chi connectivity index (χ3v) is 3.93. The zero-order valence-electron chi connectivity index (χ0n) is 12.3. The van der Waals surface area contributed by atoms with Gasteiger partial charge < -0.3 is 15.2 Å². The largest absolute Gasteiger partial charge is 0.493 e. The van der Waals surface area contributed by atoms with Crippen LogP contribution in [0.5, 0.6) is 11.5 Å². The van der Waals surface area contributed by atoms with Gasteiger partial charge in [-0.1, -0.05) is 36.4 Å². The molecule has 0 aliphatic carbocycles. The van der Waals surface area contributed by atoms with Crippen molar-refractivity contribution < 1.29 is 9.47 Å². The summed E-state index contributed by atoms with van der Waals surface area (Å²) in [5.74, 6) is 2.24. The van der Waals surface area contributed by atoms with Crippen molar-refractivity contribution in [3.63, 3.8) is 0 Å². The van der Waals surface area contributed by atoms with Crippen molar-refractivity contribution in [2.45, 2.75) is 25.3 Å². The lowest BCUT2D eigenvalue weighted by atomic mass is 9.94. The highest BCUT2D eigenvalue weighted by Gasteiger charge is 2.22. The molecule has 3 nitrogen and oxygen atoms in total. The lowest BCUT2D eigenvalue weighted by Gasteiger charge is -2.26. The quantitative estimate of drug-likeness (QED) is 0.931. The zero-order chi connectivity index (χ0) is 14.7. The molecular formula is C18H21NO2. The minimum atomic E-state index is -0.0248. The van der Waals surface area contributed by atoms with Gasteiger partial charge in [0.25, 0.3) is 0 Å². The Morgan fingerprint density at radius 3 is 2.81 bits per heavy atom. The van der Waals surface area contributed by atoms with Crippen LogP contribution in [0.4, 0.5) is 0 Å². The first-order chi connectivity index (χ1) is 10.3. The van der Waals surface area contributed by atoms with Crippen molar-refractivity contribution in [1.82, 2.24) is 0 Å². The lowest BCUT2D eigenvalue weighted by Crippen LogP contribution is -2.20. The number of fused-ring (bicyclic) bond motifs is 1. The summed E-state index contributed by atoms with van der Waals surface area (Å²) < 4.78 is 11.8. The van der Waals surface area contributed by atoms with Crippen LogP contribution in [0.3, 0.4) is 0 Å². The molecule has 0 amide bonds. The Labute approximate surface area is 125 Å². The summed E-state index contributed by atoms with van der Waals surface area (Å²) in [6.07, 6.45) is 0.983. The maximum absolute atomic E-state index is 6.06. The van der Waals surface area contributed by atoms with E-state index >= 15 is 0 Å². The standard InChI is InChI=1S/C18H21NO2/c1-13(19)15-6-2-4-8-17(15)21-12-14-10-11-20-18-9-5-3-7-16(14)18/h2-9,13-14H,10-12,19H2,1H3/t13-,14?/m1/s1. The van der Waals surface area contributed by atoms with E-state index in [1.54, 1.807) is 0 Å². The van der Waals surface area contributed by atoms with Crippen molar-refractivity contribution in [3.05, 3.63) is 59.7 Å². The Hall–Kier alpha value is -2.00. The molecule has 110 valence electrons. The molecule has 0 aromatic heterocycles. The van der Waals surface area contributed by atoms with Crippen LogP contribution < -0.4 is 15.2 Å². The first-order valence-corrected chi connectivity index (χ1v) is 7.44. The molecule has 0 saturated heterocycles. The number of para-hydroxylation sites is 2. The molecule has 21 heavy (non-hydrogen) atoms. The predicted molar refractivity (Wildman–Crippen MR) is 83.8 cm³/mol. The summed E-state index contributed by atoms with van der Waals surface area (Å²) in [5, 5.41) is 0. The molecule has 0 bridgehead atoms. The van der Waals surface area contributed by atoms with Gasteiger partial charge in [0.05, 0.1) is 13.2 Å². The van der Waals surface area contributed by atoms with Crippen LogP contribution in [0.1, 0.15) is 36.4 Å². The smallest absolute Gasteiger partial charge is 0.124 e. The van der Waals surface area contributed by atoms with Gasteiger partial charge in [0.1, 0.15) is 11.5 Å². The Balaban J connectivity index is 1.75. The summed E-state index contributed by atoms with van der Waals surface area (Å²) in [5.41, 5.74) is 8.29. The van der Waals surface area contributed by atoms with E-state index in [4.69, 9.17) is 15.2 Å². The molecule has 2 aromatic carbocycles. The highest BCUT2D eigenvalue weighted by Crippen LogP contribution is 2.34. The highest BCUT2D eigenvalue weighted by molar-refractivity contribution is 5.39. The van der Waals surface area contributed by atoms with E-state index in [1.807, 2.05) is 43.3 Å². The molecule has 1 heterocycles. The average Bonchev–Trinajstić information content (AvgIpc) is 2.53. The molecule has 0 fully saturated rings. The maximum Gasteiger partial charge on any atom is 0.124 e. The van der Waals surface area contributed by atoms with Gasteiger partial charge in [-0.25, -0.2) is 0 Å². The third kappa shape index (κ3) is 3.03. The molecule has 2 aromatic rings. The summed E-state index contributed by atoms with van der Waals surface area (Å²) in [7, 11) is 0. The van der Waals surface area contributed by atoms with E-state index in [-0.39, 0.29) is 6.04 Å². The van der Waals surface area contributed by atoms with E-state index in [0.29, 0.717) is 12.5 Å². The van der Waals surface area contributed by atoms with Crippen LogP contribution in [0.2, 0.25) is 0 Å².